The van der Waals surface area contributed by atoms with Crippen LogP contribution in [-0.4, -0.2) is 13.0 Å². The van der Waals surface area contributed by atoms with Crippen LogP contribution in [0.15, 0.2) is 36.4 Å². The number of amides is 1. The summed E-state index contributed by atoms with van der Waals surface area (Å²) in [6, 6.07) is 10.3. The Balaban J connectivity index is 2.21. The number of nitrogens with two attached hydrogens (primary N) is 1. The lowest BCUT2D eigenvalue weighted by Gasteiger charge is -2.10. The van der Waals surface area contributed by atoms with Crippen LogP contribution in [0.25, 0.3) is 0 Å². The molecule has 0 aliphatic heterocycles. The van der Waals surface area contributed by atoms with E-state index in [-0.39, 0.29) is 5.91 Å². The number of rotatable bonds is 3. The molecule has 0 saturated carbocycles. The first-order valence-electron chi connectivity index (χ1n) is 6.02. The van der Waals surface area contributed by atoms with Crippen molar-refractivity contribution in [2.45, 2.75) is 6.92 Å². The first-order chi connectivity index (χ1) is 9.51. The lowest BCUT2D eigenvalue weighted by atomic mass is 10.1. The molecule has 2 rings (SSSR count). The third-order valence-electron chi connectivity index (χ3n) is 2.86. The largest absolute Gasteiger partial charge is 0.495 e. The van der Waals surface area contributed by atoms with Crippen LogP contribution in [0.4, 0.5) is 11.4 Å². The smallest absolute Gasteiger partial charge is 0.255 e. The van der Waals surface area contributed by atoms with Gasteiger partial charge in [-0.25, -0.2) is 0 Å². The van der Waals surface area contributed by atoms with Crippen molar-refractivity contribution in [3.8, 4) is 5.75 Å². The first kappa shape index (κ1) is 14.2. The first-order valence-corrected chi connectivity index (χ1v) is 6.40. The second kappa shape index (κ2) is 5.84. The second-order valence-corrected chi connectivity index (χ2v) is 4.80. The van der Waals surface area contributed by atoms with Gasteiger partial charge >= 0.3 is 0 Å². The summed E-state index contributed by atoms with van der Waals surface area (Å²) in [4.78, 5) is 12.1. The molecule has 0 aliphatic rings. The summed E-state index contributed by atoms with van der Waals surface area (Å²) in [6.07, 6.45) is 0. The monoisotopic (exact) mass is 290 g/mol. The molecule has 20 heavy (non-hydrogen) atoms. The fourth-order valence-corrected chi connectivity index (χ4v) is 2.07. The van der Waals surface area contributed by atoms with Gasteiger partial charge in [0.1, 0.15) is 5.75 Å². The maximum absolute atomic E-state index is 12.1. The minimum Gasteiger partial charge on any atom is -0.495 e. The summed E-state index contributed by atoms with van der Waals surface area (Å²) in [7, 11) is 1.53. The summed E-state index contributed by atoms with van der Waals surface area (Å²) in [5.41, 5.74) is 8.23. The molecule has 5 heteroatoms. The van der Waals surface area contributed by atoms with E-state index in [9.17, 15) is 4.79 Å². The number of nitrogens with one attached hydrogen (secondary N) is 1. The molecule has 3 N–H and O–H groups in total. The lowest BCUT2D eigenvalue weighted by molar-refractivity contribution is 0.102. The Morgan fingerprint density at radius 3 is 2.60 bits per heavy atom. The Morgan fingerprint density at radius 2 is 2.00 bits per heavy atom. The Bertz CT molecular complexity index is 656. The van der Waals surface area contributed by atoms with Gasteiger partial charge in [0.05, 0.1) is 23.5 Å². The van der Waals surface area contributed by atoms with Gasteiger partial charge in [0.2, 0.25) is 0 Å². The second-order valence-electron chi connectivity index (χ2n) is 4.39. The number of nitrogen functional groups attached to an aromatic ring is 1. The Morgan fingerprint density at radius 1 is 1.25 bits per heavy atom. The highest BCUT2D eigenvalue weighted by molar-refractivity contribution is 6.34. The molecule has 0 aliphatic carbocycles. The average molecular weight is 291 g/mol. The third kappa shape index (κ3) is 3.03. The van der Waals surface area contributed by atoms with Crippen LogP contribution >= 0.6 is 11.6 Å². The zero-order valence-corrected chi connectivity index (χ0v) is 12.0. The normalized spacial score (nSPS) is 10.2. The summed E-state index contributed by atoms with van der Waals surface area (Å²) >= 11 is 6.08. The zero-order valence-electron chi connectivity index (χ0n) is 11.2. The van der Waals surface area contributed by atoms with Gasteiger partial charge in [0.15, 0.2) is 0 Å². The molecule has 0 heterocycles. The van der Waals surface area contributed by atoms with E-state index in [0.29, 0.717) is 27.7 Å². The molecule has 0 fully saturated rings. The molecule has 2 aromatic carbocycles. The molecule has 0 spiro atoms. The van der Waals surface area contributed by atoms with Gasteiger partial charge in [-0.15, -0.1) is 0 Å². The number of ether oxygens (including phenoxy) is 1. The van der Waals surface area contributed by atoms with Gasteiger partial charge in [0.25, 0.3) is 5.91 Å². The van der Waals surface area contributed by atoms with Gasteiger partial charge in [0, 0.05) is 5.56 Å². The molecule has 2 aromatic rings. The third-order valence-corrected chi connectivity index (χ3v) is 3.18. The van der Waals surface area contributed by atoms with Crippen molar-refractivity contribution >= 4 is 28.9 Å². The molecule has 0 aromatic heterocycles. The van der Waals surface area contributed by atoms with E-state index in [1.54, 1.807) is 30.3 Å². The number of hydrogen-bond acceptors (Lipinski definition) is 3. The van der Waals surface area contributed by atoms with E-state index in [1.165, 1.54) is 7.11 Å². The van der Waals surface area contributed by atoms with E-state index in [4.69, 9.17) is 22.1 Å². The lowest BCUT2D eigenvalue weighted by Crippen LogP contribution is -2.12. The van der Waals surface area contributed by atoms with Gasteiger partial charge in [-0.2, -0.15) is 0 Å². The molecular weight excluding hydrogens is 276 g/mol. The Labute approximate surface area is 122 Å². The van der Waals surface area contributed by atoms with Crippen molar-refractivity contribution in [1.29, 1.82) is 0 Å². The van der Waals surface area contributed by atoms with Crippen LogP contribution in [0.2, 0.25) is 5.02 Å². The molecule has 0 atom stereocenters. The average Bonchev–Trinajstić information content (AvgIpc) is 2.41. The predicted octanol–water partition coefficient (Wildman–Crippen LogP) is 3.49. The van der Waals surface area contributed by atoms with E-state index in [0.717, 1.165) is 5.56 Å². The molecule has 0 unspecified atom stereocenters. The maximum atomic E-state index is 12.1. The van der Waals surface area contributed by atoms with Crippen molar-refractivity contribution in [3.05, 3.63) is 52.5 Å². The van der Waals surface area contributed by atoms with Crippen molar-refractivity contribution in [3.63, 3.8) is 0 Å². The highest BCUT2D eigenvalue weighted by atomic mass is 35.5. The summed E-state index contributed by atoms with van der Waals surface area (Å²) in [6.45, 7) is 1.93. The van der Waals surface area contributed by atoms with Crippen LogP contribution in [0.1, 0.15) is 15.9 Å². The predicted molar refractivity (Wildman–Crippen MR) is 81.5 cm³/mol. The van der Waals surface area contributed by atoms with Crippen molar-refractivity contribution < 1.29 is 9.53 Å². The Kier molecular flexibility index (Phi) is 4.15. The minimum atomic E-state index is -0.273. The quantitative estimate of drug-likeness (QED) is 0.851. The summed E-state index contributed by atoms with van der Waals surface area (Å²) in [5.74, 6) is 0.264. The number of methoxy groups -OCH3 is 1. The van der Waals surface area contributed by atoms with Crippen LogP contribution < -0.4 is 15.8 Å². The van der Waals surface area contributed by atoms with Crippen molar-refractivity contribution in [2.24, 2.45) is 0 Å². The fraction of sp³-hybridized carbons (Fsp3) is 0.133. The molecule has 0 radical (unpaired) electrons. The minimum absolute atomic E-state index is 0.273. The van der Waals surface area contributed by atoms with Crippen LogP contribution in [0.5, 0.6) is 5.75 Å². The number of aryl methyl sites for hydroxylation is 1. The molecule has 1 amide bonds. The highest BCUT2D eigenvalue weighted by Crippen LogP contribution is 2.25. The van der Waals surface area contributed by atoms with Crippen molar-refractivity contribution in [2.75, 3.05) is 18.2 Å². The van der Waals surface area contributed by atoms with Crippen LogP contribution in [0, 0.1) is 6.92 Å². The molecular formula is C15H15ClN2O2. The molecule has 0 bridgehead atoms. The van der Waals surface area contributed by atoms with E-state index >= 15 is 0 Å². The number of carbonyl (C=O) groups is 1. The fourth-order valence-electron chi connectivity index (χ4n) is 1.79. The topological polar surface area (TPSA) is 64.3 Å². The SMILES string of the molecule is COc1ccc(C(=O)Nc2ccc(C)cc2Cl)cc1N. The van der Waals surface area contributed by atoms with E-state index in [2.05, 4.69) is 5.32 Å². The number of hydrogen-bond donors (Lipinski definition) is 2. The molecule has 4 nitrogen and oxygen atoms in total. The van der Waals surface area contributed by atoms with Crippen LogP contribution in [-0.2, 0) is 0 Å². The number of benzene rings is 2. The maximum Gasteiger partial charge on any atom is 0.255 e. The van der Waals surface area contributed by atoms with Gasteiger partial charge in [-0.05, 0) is 42.8 Å². The molecule has 104 valence electrons. The van der Waals surface area contributed by atoms with Crippen molar-refractivity contribution in [1.82, 2.24) is 0 Å². The standard InChI is InChI=1S/C15H15ClN2O2/c1-9-3-5-13(11(16)7-9)18-15(19)10-4-6-14(20-2)12(17)8-10/h3-8H,17H2,1-2H3,(H,18,19). The summed E-state index contributed by atoms with van der Waals surface area (Å²) < 4.78 is 5.05. The highest BCUT2D eigenvalue weighted by Gasteiger charge is 2.10. The Hall–Kier alpha value is -2.20. The number of carbonyl (C=O) groups excluding carboxylic acids is 1. The molecule has 0 saturated heterocycles. The van der Waals surface area contributed by atoms with E-state index < -0.39 is 0 Å². The summed E-state index contributed by atoms with van der Waals surface area (Å²) in [5, 5.41) is 3.25. The van der Waals surface area contributed by atoms with Gasteiger partial charge in [-0.3, -0.25) is 4.79 Å². The van der Waals surface area contributed by atoms with Gasteiger partial charge < -0.3 is 15.8 Å². The van der Waals surface area contributed by atoms with Gasteiger partial charge in [-0.1, -0.05) is 17.7 Å². The van der Waals surface area contributed by atoms with E-state index in [1.807, 2.05) is 13.0 Å². The zero-order chi connectivity index (χ0) is 14.7. The number of halogens is 1. The van der Waals surface area contributed by atoms with Crippen LogP contribution in [0.3, 0.4) is 0 Å². The number of anilines is 2.